The molecule has 2 rings (SSSR count). The number of aromatic nitrogens is 3. The fourth-order valence-corrected chi connectivity index (χ4v) is 1.31. The van der Waals surface area contributed by atoms with Gasteiger partial charge in [0.25, 0.3) is 0 Å². The van der Waals surface area contributed by atoms with Gasteiger partial charge in [-0.15, -0.1) is 5.10 Å². The lowest BCUT2D eigenvalue weighted by Gasteiger charge is -2.12. The van der Waals surface area contributed by atoms with Crippen molar-refractivity contribution in [1.29, 1.82) is 0 Å². The molecule has 1 aliphatic rings. The number of rotatable bonds is 3. The molecule has 0 atom stereocenters. The largest absolute Gasteiger partial charge is 0.382 e. The first kappa shape index (κ1) is 6.79. The molecule has 60 valence electrons. The van der Waals surface area contributed by atoms with Crippen molar-refractivity contribution in [2.24, 2.45) is 0 Å². The minimum absolute atomic E-state index is 0.144. The summed E-state index contributed by atoms with van der Waals surface area (Å²) < 4.78 is 7.00. The van der Waals surface area contributed by atoms with Crippen molar-refractivity contribution in [3.63, 3.8) is 0 Å². The summed E-state index contributed by atoms with van der Waals surface area (Å²) in [4.78, 5) is 0. The molecular formula is C7H11N3O. The van der Waals surface area contributed by atoms with E-state index in [0.717, 1.165) is 19.4 Å². The Labute approximate surface area is 65.2 Å². The smallest absolute Gasteiger partial charge is 0.0879 e. The van der Waals surface area contributed by atoms with Crippen molar-refractivity contribution in [2.75, 3.05) is 13.7 Å². The highest BCUT2D eigenvalue weighted by molar-refractivity contribution is 4.99. The first-order chi connectivity index (χ1) is 5.37. The molecular weight excluding hydrogens is 142 g/mol. The van der Waals surface area contributed by atoms with Gasteiger partial charge in [0, 0.05) is 13.3 Å². The third kappa shape index (κ3) is 1.03. The Kier molecular flexibility index (Phi) is 1.42. The monoisotopic (exact) mass is 153 g/mol. The second kappa shape index (κ2) is 2.30. The van der Waals surface area contributed by atoms with Crippen molar-refractivity contribution in [3.05, 3.63) is 12.4 Å². The minimum atomic E-state index is 0.144. The molecule has 1 saturated carbocycles. The fraction of sp³-hybridized carbons (Fsp3) is 0.714. The van der Waals surface area contributed by atoms with Crippen LogP contribution in [0, 0.1) is 0 Å². The SMILES string of the molecule is COCC1(n2ccnn2)CC1. The predicted octanol–water partition coefficient (Wildman–Crippen LogP) is 0.414. The maximum atomic E-state index is 5.10. The van der Waals surface area contributed by atoms with Gasteiger partial charge in [0.05, 0.1) is 18.3 Å². The topological polar surface area (TPSA) is 39.9 Å². The van der Waals surface area contributed by atoms with Gasteiger partial charge in [0.2, 0.25) is 0 Å². The van der Waals surface area contributed by atoms with E-state index in [2.05, 4.69) is 10.3 Å². The van der Waals surface area contributed by atoms with E-state index >= 15 is 0 Å². The van der Waals surface area contributed by atoms with Crippen LogP contribution in [0.15, 0.2) is 12.4 Å². The molecule has 4 heteroatoms. The zero-order chi connectivity index (χ0) is 7.73. The molecule has 1 aliphatic carbocycles. The quantitative estimate of drug-likeness (QED) is 0.631. The highest BCUT2D eigenvalue weighted by Gasteiger charge is 2.45. The Morgan fingerprint density at radius 3 is 2.91 bits per heavy atom. The number of methoxy groups -OCH3 is 1. The lowest BCUT2D eigenvalue weighted by molar-refractivity contribution is 0.136. The van der Waals surface area contributed by atoms with Crippen LogP contribution in [0.5, 0.6) is 0 Å². The number of ether oxygens (including phenoxy) is 1. The van der Waals surface area contributed by atoms with E-state index in [9.17, 15) is 0 Å². The summed E-state index contributed by atoms with van der Waals surface area (Å²) in [5, 5.41) is 7.72. The van der Waals surface area contributed by atoms with Gasteiger partial charge in [-0.25, -0.2) is 4.68 Å². The highest BCUT2D eigenvalue weighted by atomic mass is 16.5. The molecule has 0 unspecified atom stereocenters. The standard InChI is InChI=1S/C7H11N3O/c1-11-6-7(2-3-7)10-5-4-8-9-10/h4-5H,2-3,6H2,1H3. The van der Waals surface area contributed by atoms with E-state index in [1.165, 1.54) is 0 Å². The molecule has 0 amide bonds. The molecule has 1 fully saturated rings. The van der Waals surface area contributed by atoms with Gasteiger partial charge in [-0.3, -0.25) is 0 Å². The third-order valence-electron chi connectivity index (χ3n) is 2.15. The predicted molar refractivity (Wildman–Crippen MR) is 39.1 cm³/mol. The van der Waals surface area contributed by atoms with E-state index in [1.807, 2.05) is 10.9 Å². The molecule has 0 bridgehead atoms. The van der Waals surface area contributed by atoms with Crippen molar-refractivity contribution < 1.29 is 4.74 Å². The van der Waals surface area contributed by atoms with Crippen LogP contribution >= 0.6 is 0 Å². The van der Waals surface area contributed by atoms with E-state index in [1.54, 1.807) is 13.3 Å². The zero-order valence-corrected chi connectivity index (χ0v) is 6.53. The lowest BCUT2D eigenvalue weighted by atomic mass is 10.3. The first-order valence-electron chi connectivity index (χ1n) is 3.73. The maximum Gasteiger partial charge on any atom is 0.0879 e. The van der Waals surface area contributed by atoms with Crippen LogP contribution in [0.1, 0.15) is 12.8 Å². The molecule has 0 N–H and O–H groups in total. The Bertz CT molecular complexity index is 228. The molecule has 0 aliphatic heterocycles. The molecule has 0 spiro atoms. The van der Waals surface area contributed by atoms with Gasteiger partial charge < -0.3 is 4.74 Å². The average molecular weight is 153 g/mol. The van der Waals surface area contributed by atoms with E-state index in [0.29, 0.717) is 0 Å². The summed E-state index contributed by atoms with van der Waals surface area (Å²) in [5.41, 5.74) is 0.144. The molecule has 0 radical (unpaired) electrons. The normalized spacial score (nSPS) is 20.1. The first-order valence-corrected chi connectivity index (χ1v) is 3.73. The Morgan fingerprint density at radius 1 is 1.64 bits per heavy atom. The van der Waals surface area contributed by atoms with Crippen molar-refractivity contribution in [1.82, 2.24) is 15.0 Å². The summed E-state index contributed by atoms with van der Waals surface area (Å²) in [6.45, 7) is 0.746. The van der Waals surface area contributed by atoms with Crippen LogP contribution in [-0.4, -0.2) is 28.7 Å². The summed E-state index contributed by atoms with van der Waals surface area (Å²) in [7, 11) is 1.72. The molecule has 4 nitrogen and oxygen atoms in total. The van der Waals surface area contributed by atoms with Gasteiger partial charge in [-0.2, -0.15) is 0 Å². The second-order valence-electron chi connectivity index (χ2n) is 3.00. The van der Waals surface area contributed by atoms with Crippen LogP contribution in [-0.2, 0) is 10.3 Å². The van der Waals surface area contributed by atoms with Gasteiger partial charge >= 0.3 is 0 Å². The Balaban J connectivity index is 2.15. The van der Waals surface area contributed by atoms with Crippen molar-refractivity contribution in [2.45, 2.75) is 18.4 Å². The fourth-order valence-electron chi connectivity index (χ4n) is 1.31. The number of nitrogens with zero attached hydrogens (tertiary/aromatic N) is 3. The Hall–Kier alpha value is -0.900. The summed E-state index contributed by atoms with van der Waals surface area (Å²) >= 11 is 0. The molecule has 1 aromatic heterocycles. The average Bonchev–Trinajstić information content (AvgIpc) is 2.63. The second-order valence-corrected chi connectivity index (χ2v) is 3.00. The van der Waals surface area contributed by atoms with Gasteiger partial charge in [-0.1, -0.05) is 5.21 Å². The van der Waals surface area contributed by atoms with Crippen LogP contribution < -0.4 is 0 Å². The van der Waals surface area contributed by atoms with Gasteiger partial charge in [-0.05, 0) is 12.8 Å². The molecule has 1 heterocycles. The number of hydrogen-bond acceptors (Lipinski definition) is 3. The molecule has 0 aromatic carbocycles. The molecule has 0 saturated heterocycles. The maximum absolute atomic E-state index is 5.10. The van der Waals surface area contributed by atoms with Crippen molar-refractivity contribution in [3.8, 4) is 0 Å². The van der Waals surface area contributed by atoms with Crippen LogP contribution in [0.3, 0.4) is 0 Å². The molecule has 1 aromatic rings. The highest BCUT2D eigenvalue weighted by Crippen LogP contribution is 2.42. The summed E-state index contributed by atoms with van der Waals surface area (Å²) in [6.07, 6.45) is 5.91. The minimum Gasteiger partial charge on any atom is -0.382 e. The lowest BCUT2D eigenvalue weighted by Crippen LogP contribution is -2.23. The van der Waals surface area contributed by atoms with Crippen LogP contribution in [0.25, 0.3) is 0 Å². The van der Waals surface area contributed by atoms with Gasteiger partial charge in [0.15, 0.2) is 0 Å². The van der Waals surface area contributed by atoms with E-state index in [-0.39, 0.29) is 5.54 Å². The third-order valence-corrected chi connectivity index (χ3v) is 2.15. The van der Waals surface area contributed by atoms with E-state index < -0.39 is 0 Å². The molecule has 11 heavy (non-hydrogen) atoms. The van der Waals surface area contributed by atoms with E-state index in [4.69, 9.17) is 4.74 Å². The zero-order valence-electron chi connectivity index (χ0n) is 6.53. The van der Waals surface area contributed by atoms with Crippen LogP contribution in [0.2, 0.25) is 0 Å². The summed E-state index contributed by atoms with van der Waals surface area (Å²) in [6, 6.07) is 0. The Morgan fingerprint density at radius 2 is 2.45 bits per heavy atom. The van der Waals surface area contributed by atoms with Crippen molar-refractivity contribution >= 4 is 0 Å². The number of hydrogen-bond donors (Lipinski definition) is 0. The van der Waals surface area contributed by atoms with Crippen LogP contribution in [0.4, 0.5) is 0 Å². The van der Waals surface area contributed by atoms with Gasteiger partial charge in [0.1, 0.15) is 0 Å². The summed E-state index contributed by atoms with van der Waals surface area (Å²) in [5.74, 6) is 0.